The van der Waals surface area contributed by atoms with Crippen LogP contribution >= 0.6 is 24.8 Å². The summed E-state index contributed by atoms with van der Waals surface area (Å²) in [5.74, 6) is 1.62. The molecule has 30 heavy (non-hydrogen) atoms. The Morgan fingerprint density at radius 2 is 1.97 bits per heavy atom. The van der Waals surface area contributed by atoms with Gasteiger partial charge >= 0.3 is 0 Å². The number of hydrogen-bond donors (Lipinski definition) is 2. The van der Waals surface area contributed by atoms with Crippen LogP contribution in [-0.2, 0) is 6.54 Å². The van der Waals surface area contributed by atoms with Crippen molar-refractivity contribution >= 4 is 24.8 Å². The third-order valence-corrected chi connectivity index (χ3v) is 5.31. The molecule has 2 heterocycles. The van der Waals surface area contributed by atoms with Gasteiger partial charge in [0.1, 0.15) is 5.75 Å². The van der Waals surface area contributed by atoms with Gasteiger partial charge < -0.3 is 15.4 Å². The maximum absolute atomic E-state index is 5.58. The molecule has 0 amide bonds. The van der Waals surface area contributed by atoms with Crippen LogP contribution in [-0.4, -0.2) is 39.9 Å². The Morgan fingerprint density at radius 3 is 2.67 bits per heavy atom. The smallest absolute Gasteiger partial charge is 0.153 e. The fourth-order valence-corrected chi connectivity index (χ4v) is 3.87. The summed E-state index contributed by atoms with van der Waals surface area (Å²) in [6.07, 6.45) is 2.31. The first kappa shape index (κ1) is 24.1. The van der Waals surface area contributed by atoms with Gasteiger partial charge in [0.2, 0.25) is 0 Å². The molecule has 0 radical (unpaired) electrons. The summed E-state index contributed by atoms with van der Waals surface area (Å²) in [4.78, 5) is 0. The molecule has 2 aromatic carbocycles. The van der Waals surface area contributed by atoms with Gasteiger partial charge in [-0.25, -0.2) is 0 Å². The van der Waals surface area contributed by atoms with Gasteiger partial charge in [-0.1, -0.05) is 30.3 Å². The van der Waals surface area contributed by atoms with Crippen molar-refractivity contribution in [3.05, 3.63) is 65.5 Å². The van der Waals surface area contributed by atoms with Crippen LogP contribution in [0.1, 0.15) is 35.8 Å². The van der Waals surface area contributed by atoms with Crippen LogP contribution in [0.15, 0.2) is 48.5 Å². The summed E-state index contributed by atoms with van der Waals surface area (Å²) in [6.45, 7) is 3.66. The first-order valence-corrected chi connectivity index (χ1v) is 9.70. The number of halogens is 2. The zero-order valence-electron chi connectivity index (χ0n) is 17.1. The Morgan fingerprint density at radius 1 is 1.17 bits per heavy atom. The molecule has 1 aliphatic heterocycles. The molecule has 0 aliphatic carbocycles. The van der Waals surface area contributed by atoms with Gasteiger partial charge in [0.05, 0.1) is 12.8 Å². The van der Waals surface area contributed by atoms with Crippen LogP contribution in [0, 0.1) is 6.92 Å². The quantitative estimate of drug-likeness (QED) is 0.598. The van der Waals surface area contributed by atoms with Gasteiger partial charge in [0.15, 0.2) is 5.82 Å². The Bertz CT molecular complexity index is 921. The number of aryl methyl sites for hydroxylation is 1. The van der Waals surface area contributed by atoms with E-state index in [2.05, 4.69) is 62.6 Å². The molecular weight excluding hydrogens is 423 g/mol. The Kier molecular flexibility index (Phi) is 9.05. The van der Waals surface area contributed by atoms with Crippen LogP contribution < -0.4 is 15.4 Å². The highest BCUT2D eigenvalue weighted by molar-refractivity contribution is 5.85. The monoisotopic (exact) mass is 450 g/mol. The van der Waals surface area contributed by atoms with E-state index in [1.807, 2.05) is 19.1 Å². The van der Waals surface area contributed by atoms with Crippen molar-refractivity contribution < 1.29 is 4.74 Å². The van der Waals surface area contributed by atoms with Gasteiger partial charge in [0.25, 0.3) is 0 Å². The molecule has 0 spiro atoms. The third-order valence-electron chi connectivity index (χ3n) is 5.31. The van der Waals surface area contributed by atoms with Gasteiger partial charge in [-0.2, -0.15) is 4.68 Å². The van der Waals surface area contributed by atoms with Crippen LogP contribution in [0.25, 0.3) is 5.69 Å². The predicted molar refractivity (Wildman–Crippen MR) is 122 cm³/mol. The Balaban J connectivity index is 0.00000160. The van der Waals surface area contributed by atoms with Gasteiger partial charge in [-0.3, -0.25) is 0 Å². The van der Waals surface area contributed by atoms with Crippen molar-refractivity contribution in [3.8, 4) is 11.4 Å². The predicted octanol–water partition coefficient (Wildman–Crippen LogP) is 3.41. The molecule has 0 saturated carbocycles. The van der Waals surface area contributed by atoms with Crippen LogP contribution in [0.5, 0.6) is 5.75 Å². The molecule has 1 aromatic heterocycles. The highest BCUT2D eigenvalue weighted by atomic mass is 35.5. The van der Waals surface area contributed by atoms with Crippen molar-refractivity contribution in [1.29, 1.82) is 0 Å². The minimum absolute atomic E-state index is 0. The molecule has 1 aliphatic rings. The van der Waals surface area contributed by atoms with E-state index >= 15 is 0 Å². The Labute approximate surface area is 189 Å². The number of nitrogens with one attached hydrogen (secondary N) is 2. The zero-order valence-corrected chi connectivity index (χ0v) is 18.7. The molecule has 1 fully saturated rings. The summed E-state index contributed by atoms with van der Waals surface area (Å²) in [5.41, 5.74) is 3.35. The molecule has 7 nitrogen and oxygen atoms in total. The number of piperidine rings is 1. The second kappa shape index (κ2) is 11.3. The highest BCUT2D eigenvalue weighted by Gasteiger charge is 2.25. The van der Waals surface area contributed by atoms with Crippen molar-refractivity contribution in [1.82, 2.24) is 30.8 Å². The minimum atomic E-state index is 0. The second-order valence-corrected chi connectivity index (χ2v) is 7.11. The third kappa shape index (κ3) is 5.29. The molecule has 2 atom stereocenters. The van der Waals surface area contributed by atoms with E-state index in [9.17, 15) is 0 Å². The van der Waals surface area contributed by atoms with Crippen molar-refractivity contribution in [3.63, 3.8) is 0 Å². The van der Waals surface area contributed by atoms with E-state index in [4.69, 9.17) is 4.74 Å². The van der Waals surface area contributed by atoms with Crippen molar-refractivity contribution in [2.45, 2.75) is 38.4 Å². The number of aromatic nitrogens is 4. The lowest BCUT2D eigenvalue weighted by Crippen LogP contribution is -2.45. The maximum Gasteiger partial charge on any atom is 0.153 e. The average molecular weight is 451 g/mol. The van der Waals surface area contributed by atoms with Gasteiger partial charge in [-0.15, -0.1) is 29.9 Å². The highest BCUT2D eigenvalue weighted by Crippen LogP contribution is 2.26. The van der Waals surface area contributed by atoms with E-state index in [1.54, 1.807) is 11.8 Å². The molecular formula is C21H28Cl2N6O. The molecule has 1 saturated heterocycles. The molecule has 2 N–H and O–H groups in total. The summed E-state index contributed by atoms with van der Waals surface area (Å²) in [7, 11) is 1.70. The fraction of sp³-hybridized carbons (Fsp3) is 0.381. The van der Waals surface area contributed by atoms with E-state index in [1.165, 1.54) is 12.0 Å². The summed E-state index contributed by atoms with van der Waals surface area (Å²) < 4.78 is 7.32. The summed E-state index contributed by atoms with van der Waals surface area (Å²) in [6, 6.07) is 17.4. The number of methoxy groups -OCH3 is 1. The number of benzene rings is 2. The first-order valence-electron chi connectivity index (χ1n) is 9.70. The van der Waals surface area contributed by atoms with Crippen LogP contribution in [0.3, 0.4) is 0 Å². The number of nitrogens with zero attached hydrogens (tertiary/aromatic N) is 4. The van der Waals surface area contributed by atoms with Crippen LogP contribution in [0.4, 0.5) is 0 Å². The van der Waals surface area contributed by atoms with E-state index in [0.717, 1.165) is 35.8 Å². The number of rotatable bonds is 6. The average Bonchev–Trinajstić information content (AvgIpc) is 3.18. The molecule has 4 rings (SSSR count). The number of hydrogen-bond acceptors (Lipinski definition) is 6. The molecule has 162 valence electrons. The molecule has 0 unspecified atom stereocenters. The SMILES string of the molecule is COc1ccc(-n2nnnc2C)cc1CN[C@H]1CCCN[C@H]1c1ccccc1.Cl.Cl. The zero-order chi connectivity index (χ0) is 19.3. The van der Waals surface area contributed by atoms with Crippen molar-refractivity contribution in [2.75, 3.05) is 13.7 Å². The van der Waals surface area contributed by atoms with E-state index in [0.29, 0.717) is 18.6 Å². The minimum Gasteiger partial charge on any atom is -0.496 e. The first-order chi connectivity index (χ1) is 13.8. The lowest BCUT2D eigenvalue weighted by atomic mass is 9.92. The van der Waals surface area contributed by atoms with E-state index < -0.39 is 0 Å². The lowest BCUT2D eigenvalue weighted by molar-refractivity contribution is 0.303. The second-order valence-electron chi connectivity index (χ2n) is 7.11. The molecule has 9 heteroatoms. The van der Waals surface area contributed by atoms with Crippen molar-refractivity contribution in [2.24, 2.45) is 0 Å². The molecule has 0 bridgehead atoms. The number of ether oxygens (including phenoxy) is 1. The summed E-state index contributed by atoms with van der Waals surface area (Å²) in [5, 5.41) is 19.2. The topological polar surface area (TPSA) is 76.9 Å². The number of tetrazole rings is 1. The Hall–Kier alpha value is -2.19. The molecule has 3 aromatic rings. The standard InChI is InChI=1S/C21H26N6O.2ClH/c1-15-24-25-26-27(15)18-10-11-20(28-2)17(13-18)14-23-19-9-6-12-22-21(19)16-7-4-3-5-8-16;;/h3-5,7-8,10-11,13,19,21-23H,6,9,12,14H2,1-2H3;2*1H/t19-,21-;;/m0../s1. The fourth-order valence-electron chi connectivity index (χ4n) is 3.87. The summed E-state index contributed by atoms with van der Waals surface area (Å²) >= 11 is 0. The van der Waals surface area contributed by atoms with E-state index in [-0.39, 0.29) is 24.8 Å². The van der Waals surface area contributed by atoms with Gasteiger partial charge in [-0.05, 0) is 60.5 Å². The van der Waals surface area contributed by atoms with Gasteiger partial charge in [0, 0.05) is 24.2 Å². The lowest BCUT2D eigenvalue weighted by Gasteiger charge is -2.34. The normalized spacial score (nSPS) is 18.2. The van der Waals surface area contributed by atoms with Crippen LogP contribution in [0.2, 0.25) is 0 Å². The maximum atomic E-state index is 5.58. The largest absolute Gasteiger partial charge is 0.496 e.